The average Bonchev–Trinajstić information content (AvgIpc) is 2.18. The molecule has 0 aromatic carbocycles. The van der Waals surface area contributed by atoms with Crippen molar-refractivity contribution in [2.24, 2.45) is 5.41 Å². The number of aryl methyl sites for hydroxylation is 1. The molecule has 1 aromatic heterocycles. The van der Waals surface area contributed by atoms with Gasteiger partial charge in [0.1, 0.15) is 11.4 Å². The maximum absolute atomic E-state index is 11.7. The molecular formula is C12H16N2O3. The van der Waals surface area contributed by atoms with Crippen LogP contribution in [0.25, 0.3) is 0 Å². The smallest absolute Gasteiger partial charge is 0.339 e. The van der Waals surface area contributed by atoms with Crippen molar-refractivity contribution in [3.8, 4) is 0 Å². The van der Waals surface area contributed by atoms with E-state index in [-0.39, 0.29) is 17.3 Å². The molecule has 5 nitrogen and oxygen atoms in total. The molecule has 2 N–H and O–H groups in total. The van der Waals surface area contributed by atoms with E-state index in [1.807, 2.05) is 0 Å². The molecule has 0 aliphatic heterocycles. The highest BCUT2D eigenvalue weighted by Crippen LogP contribution is 2.19. The number of nitrogens with one attached hydrogen (secondary N) is 1. The molecule has 1 rings (SSSR count). The molecule has 0 saturated heterocycles. The van der Waals surface area contributed by atoms with Gasteiger partial charge in [0.05, 0.1) is 0 Å². The van der Waals surface area contributed by atoms with E-state index in [0.29, 0.717) is 0 Å². The first kappa shape index (κ1) is 13.2. The van der Waals surface area contributed by atoms with Gasteiger partial charge in [-0.15, -0.1) is 0 Å². The van der Waals surface area contributed by atoms with Crippen molar-refractivity contribution in [2.75, 3.05) is 5.32 Å². The van der Waals surface area contributed by atoms with Crippen molar-refractivity contribution in [3.63, 3.8) is 0 Å². The summed E-state index contributed by atoms with van der Waals surface area (Å²) in [5, 5.41) is 11.5. The zero-order valence-electron chi connectivity index (χ0n) is 10.4. The summed E-state index contributed by atoms with van der Waals surface area (Å²) >= 11 is 0. The minimum absolute atomic E-state index is 0.00241. The summed E-state index contributed by atoms with van der Waals surface area (Å²) in [5.74, 6) is -1.29. The molecule has 0 aliphatic carbocycles. The van der Waals surface area contributed by atoms with Crippen LogP contribution in [-0.4, -0.2) is 22.0 Å². The van der Waals surface area contributed by atoms with Crippen LogP contribution < -0.4 is 5.32 Å². The molecule has 0 saturated carbocycles. The van der Waals surface area contributed by atoms with E-state index in [1.165, 1.54) is 12.3 Å². The Hall–Kier alpha value is -1.91. The normalized spacial score (nSPS) is 11.1. The number of rotatable bonds is 2. The van der Waals surface area contributed by atoms with Crippen LogP contribution in [0.4, 0.5) is 5.82 Å². The van der Waals surface area contributed by atoms with E-state index in [4.69, 9.17) is 5.11 Å². The molecule has 0 atom stereocenters. The monoisotopic (exact) mass is 236 g/mol. The molecule has 0 fully saturated rings. The molecule has 0 bridgehead atoms. The fourth-order valence-electron chi connectivity index (χ4n) is 1.13. The maximum atomic E-state index is 11.7. The largest absolute Gasteiger partial charge is 0.478 e. The van der Waals surface area contributed by atoms with Crippen LogP contribution >= 0.6 is 0 Å². The second-order valence-electron chi connectivity index (χ2n) is 4.92. The van der Waals surface area contributed by atoms with Crippen molar-refractivity contribution in [3.05, 3.63) is 23.4 Å². The van der Waals surface area contributed by atoms with Gasteiger partial charge in [0.15, 0.2) is 0 Å². The third kappa shape index (κ3) is 3.27. The van der Waals surface area contributed by atoms with E-state index in [1.54, 1.807) is 27.7 Å². The lowest BCUT2D eigenvalue weighted by Crippen LogP contribution is -2.29. The number of carboxylic acids is 1. The SMILES string of the molecule is Cc1cnc(NC(=O)C(C)(C)C)c(C(=O)O)c1. The molecule has 0 aliphatic rings. The highest BCUT2D eigenvalue weighted by Gasteiger charge is 2.23. The molecular weight excluding hydrogens is 220 g/mol. The fourth-order valence-corrected chi connectivity index (χ4v) is 1.13. The highest BCUT2D eigenvalue weighted by molar-refractivity contribution is 6.00. The Morgan fingerprint density at radius 1 is 1.35 bits per heavy atom. The first-order valence-electron chi connectivity index (χ1n) is 5.23. The second kappa shape index (κ2) is 4.53. The van der Waals surface area contributed by atoms with Gasteiger partial charge in [0.25, 0.3) is 0 Å². The Bertz CT molecular complexity index is 461. The first-order chi connectivity index (χ1) is 7.71. The molecule has 1 amide bonds. The topological polar surface area (TPSA) is 79.3 Å². The Kier molecular flexibility index (Phi) is 3.50. The summed E-state index contributed by atoms with van der Waals surface area (Å²) in [5.41, 5.74) is 0.140. The van der Waals surface area contributed by atoms with Crippen LogP contribution in [0, 0.1) is 12.3 Å². The zero-order valence-corrected chi connectivity index (χ0v) is 10.4. The van der Waals surface area contributed by atoms with Gasteiger partial charge in [0, 0.05) is 11.6 Å². The first-order valence-corrected chi connectivity index (χ1v) is 5.23. The number of carboxylic acid groups (broad SMARTS) is 1. The van der Waals surface area contributed by atoms with Gasteiger partial charge in [-0.1, -0.05) is 20.8 Å². The lowest BCUT2D eigenvalue weighted by Gasteiger charge is -2.18. The fraction of sp³-hybridized carbons (Fsp3) is 0.417. The molecule has 17 heavy (non-hydrogen) atoms. The number of amides is 1. The van der Waals surface area contributed by atoms with Gasteiger partial charge in [-0.05, 0) is 18.6 Å². The number of aromatic carboxylic acids is 1. The third-order valence-corrected chi connectivity index (χ3v) is 2.17. The van der Waals surface area contributed by atoms with Crippen molar-refractivity contribution >= 4 is 17.7 Å². The summed E-state index contributed by atoms with van der Waals surface area (Å²) in [4.78, 5) is 26.7. The second-order valence-corrected chi connectivity index (χ2v) is 4.92. The van der Waals surface area contributed by atoms with Gasteiger partial charge in [-0.3, -0.25) is 4.79 Å². The van der Waals surface area contributed by atoms with E-state index in [9.17, 15) is 9.59 Å². The Morgan fingerprint density at radius 3 is 2.41 bits per heavy atom. The quantitative estimate of drug-likeness (QED) is 0.823. The van der Waals surface area contributed by atoms with Crippen LogP contribution in [0.1, 0.15) is 36.7 Å². The summed E-state index contributed by atoms with van der Waals surface area (Å²) < 4.78 is 0. The number of hydrogen-bond acceptors (Lipinski definition) is 3. The predicted octanol–water partition coefficient (Wildman–Crippen LogP) is 2.07. The highest BCUT2D eigenvalue weighted by atomic mass is 16.4. The Morgan fingerprint density at radius 2 is 1.94 bits per heavy atom. The molecule has 1 aromatic rings. The average molecular weight is 236 g/mol. The number of carbonyl (C=O) groups excluding carboxylic acids is 1. The van der Waals surface area contributed by atoms with Gasteiger partial charge in [-0.25, -0.2) is 9.78 Å². The van der Waals surface area contributed by atoms with E-state index < -0.39 is 11.4 Å². The van der Waals surface area contributed by atoms with Crippen LogP contribution in [-0.2, 0) is 4.79 Å². The molecule has 92 valence electrons. The molecule has 0 spiro atoms. The van der Waals surface area contributed by atoms with Crippen molar-refractivity contribution in [2.45, 2.75) is 27.7 Å². The van der Waals surface area contributed by atoms with Crippen molar-refractivity contribution < 1.29 is 14.7 Å². The number of hydrogen-bond donors (Lipinski definition) is 2. The summed E-state index contributed by atoms with van der Waals surface area (Å²) in [7, 11) is 0. The van der Waals surface area contributed by atoms with Crippen molar-refractivity contribution in [1.29, 1.82) is 0 Å². The predicted molar refractivity (Wildman–Crippen MR) is 64.0 cm³/mol. The van der Waals surface area contributed by atoms with Gasteiger partial charge >= 0.3 is 5.97 Å². The van der Waals surface area contributed by atoms with Crippen LogP contribution in [0.15, 0.2) is 12.3 Å². The standard InChI is InChI=1S/C12H16N2O3/c1-7-5-8(10(15)16)9(13-6-7)14-11(17)12(2,3)4/h5-6H,1-4H3,(H,15,16)(H,13,14,17). The van der Waals surface area contributed by atoms with E-state index in [0.717, 1.165) is 5.56 Å². The van der Waals surface area contributed by atoms with E-state index >= 15 is 0 Å². The van der Waals surface area contributed by atoms with Crippen LogP contribution in [0.3, 0.4) is 0 Å². The van der Waals surface area contributed by atoms with Crippen LogP contribution in [0.5, 0.6) is 0 Å². The van der Waals surface area contributed by atoms with Crippen molar-refractivity contribution in [1.82, 2.24) is 4.98 Å². The molecule has 1 heterocycles. The summed E-state index contributed by atoms with van der Waals surface area (Å²) in [6, 6.07) is 1.48. The number of nitrogens with zero attached hydrogens (tertiary/aromatic N) is 1. The maximum Gasteiger partial charge on any atom is 0.339 e. The van der Waals surface area contributed by atoms with E-state index in [2.05, 4.69) is 10.3 Å². The zero-order chi connectivity index (χ0) is 13.2. The molecule has 0 radical (unpaired) electrons. The lowest BCUT2D eigenvalue weighted by atomic mass is 9.95. The number of pyridine rings is 1. The number of aromatic nitrogens is 1. The van der Waals surface area contributed by atoms with Crippen LogP contribution in [0.2, 0.25) is 0 Å². The summed E-state index contributed by atoms with van der Waals surface area (Å²) in [6.07, 6.45) is 1.52. The minimum Gasteiger partial charge on any atom is -0.478 e. The molecule has 0 unspecified atom stereocenters. The summed E-state index contributed by atoms with van der Waals surface area (Å²) in [6.45, 7) is 6.99. The molecule has 5 heteroatoms. The minimum atomic E-state index is -1.11. The third-order valence-electron chi connectivity index (χ3n) is 2.17. The number of carbonyl (C=O) groups is 2. The van der Waals surface area contributed by atoms with Gasteiger partial charge in [-0.2, -0.15) is 0 Å². The van der Waals surface area contributed by atoms with Gasteiger partial charge in [0.2, 0.25) is 5.91 Å². The van der Waals surface area contributed by atoms with Gasteiger partial charge < -0.3 is 10.4 Å². The Labute approximate surface area is 99.9 Å². The number of anilines is 1. The Balaban J connectivity index is 3.07. The lowest BCUT2D eigenvalue weighted by molar-refractivity contribution is -0.123.